The smallest absolute Gasteiger partial charge is 0.342 e. The predicted molar refractivity (Wildman–Crippen MR) is 89.1 cm³/mol. The Kier molecular flexibility index (Phi) is 4.25. The summed E-state index contributed by atoms with van der Waals surface area (Å²) in [5, 5.41) is 6.19. The molecule has 0 unspecified atom stereocenters. The lowest BCUT2D eigenvalue weighted by Crippen LogP contribution is -2.44. The van der Waals surface area contributed by atoms with Crippen LogP contribution in [0.1, 0.15) is 25.4 Å². The highest BCUT2D eigenvalue weighted by Gasteiger charge is 2.34. The Labute approximate surface area is 147 Å². The molecule has 1 aromatic carbocycles. The van der Waals surface area contributed by atoms with Crippen LogP contribution in [0.25, 0.3) is 11.0 Å². The van der Waals surface area contributed by atoms with Crippen molar-refractivity contribution in [1.82, 2.24) is 24.6 Å². The zero-order chi connectivity index (χ0) is 19.1. The van der Waals surface area contributed by atoms with Gasteiger partial charge >= 0.3 is 6.18 Å². The van der Waals surface area contributed by atoms with E-state index >= 15 is 0 Å². The SMILES string of the molecule is Cn1c(C(C)(C)NC(=O)Cn2ccc(C(F)(F)F)n2)nc2ccccc21. The van der Waals surface area contributed by atoms with Crippen molar-refractivity contribution in [3.63, 3.8) is 0 Å². The van der Waals surface area contributed by atoms with Crippen molar-refractivity contribution in [3.8, 4) is 0 Å². The molecule has 0 aliphatic carbocycles. The van der Waals surface area contributed by atoms with Crippen LogP contribution in [0.3, 0.4) is 0 Å². The third-order valence-electron chi connectivity index (χ3n) is 4.03. The van der Waals surface area contributed by atoms with Gasteiger partial charge in [0, 0.05) is 13.2 Å². The summed E-state index contributed by atoms with van der Waals surface area (Å²) in [7, 11) is 1.85. The van der Waals surface area contributed by atoms with Crippen LogP contribution in [0.2, 0.25) is 0 Å². The Hall–Kier alpha value is -2.84. The summed E-state index contributed by atoms with van der Waals surface area (Å²) in [6.45, 7) is 3.26. The first kappa shape index (κ1) is 18.0. The molecule has 2 aromatic heterocycles. The minimum absolute atomic E-state index is 0.316. The standard InChI is InChI=1S/C17H18F3N5O/c1-16(2,15-21-11-6-4-5-7-12(11)24(15)3)22-14(26)10-25-9-8-13(23-25)17(18,19)20/h4-9H,10H2,1-3H3,(H,22,26). The first-order valence-corrected chi connectivity index (χ1v) is 7.91. The zero-order valence-corrected chi connectivity index (χ0v) is 14.5. The molecule has 0 saturated heterocycles. The summed E-state index contributed by atoms with van der Waals surface area (Å²) in [4.78, 5) is 16.9. The molecule has 0 atom stereocenters. The maximum Gasteiger partial charge on any atom is 0.435 e. The van der Waals surface area contributed by atoms with Gasteiger partial charge in [0.25, 0.3) is 0 Å². The van der Waals surface area contributed by atoms with Gasteiger partial charge in [0.1, 0.15) is 12.4 Å². The highest BCUT2D eigenvalue weighted by Crippen LogP contribution is 2.27. The zero-order valence-electron chi connectivity index (χ0n) is 14.5. The van der Waals surface area contributed by atoms with Crippen LogP contribution < -0.4 is 5.32 Å². The molecule has 0 saturated carbocycles. The topological polar surface area (TPSA) is 64.7 Å². The van der Waals surface area contributed by atoms with Gasteiger partial charge in [-0.05, 0) is 32.0 Å². The molecule has 0 spiro atoms. The van der Waals surface area contributed by atoms with Gasteiger partial charge in [-0.15, -0.1) is 0 Å². The van der Waals surface area contributed by atoms with Crippen molar-refractivity contribution in [2.75, 3.05) is 0 Å². The minimum Gasteiger partial charge on any atom is -0.342 e. The lowest BCUT2D eigenvalue weighted by molar-refractivity contribution is -0.141. The Bertz CT molecular complexity index is 955. The van der Waals surface area contributed by atoms with E-state index in [2.05, 4.69) is 15.4 Å². The molecule has 26 heavy (non-hydrogen) atoms. The van der Waals surface area contributed by atoms with Crippen molar-refractivity contribution >= 4 is 16.9 Å². The van der Waals surface area contributed by atoms with E-state index in [1.165, 1.54) is 0 Å². The quantitative estimate of drug-likeness (QED) is 0.773. The number of aryl methyl sites for hydroxylation is 1. The second-order valence-electron chi connectivity index (χ2n) is 6.55. The number of nitrogens with zero attached hydrogens (tertiary/aromatic N) is 4. The fourth-order valence-corrected chi connectivity index (χ4v) is 2.90. The van der Waals surface area contributed by atoms with Gasteiger partial charge in [-0.3, -0.25) is 9.48 Å². The van der Waals surface area contributed by atoms with Gasteiger partial charge in [0.05, 0.1) is 16.6 Å². The fourth-order valence-electron chi connectivity index (χ4n) is 2.90. The third kappa shape index (κ3) is 3.42. The molecule has 0 aliphatic heterocycles. The van der Waals surface area contributed by atoms with E-state index in [1.807, 2.05) is 35.9 Å². The maximum absolute atomic E-state index is 12.6. The van der Waals surface area contributed by atoms with Crippen LogP contribution in [0.15, 0.2) is 36.5 Å². The monoisotopic (exact) mass is 365 g/mol. The largest absolute Gasteiger partial charge is 0.435 e. The lowest BCUT2D eigenvalue weighted by Gasteiger charge is -2.25. The molecule has 3 aromatic rings. The molecule has 2 heterocycles. The predicted octanol–water partition coefficient (Wildman–Crippen LogP) is 2.84. The molecule has 138 valence electrons. The summed E-state index contributed by atoms with van der Waals surface area (Å²) in [6.07, 6.45) is -3.40. The van der Waals surface area contributed by atoms with Crippen LogP contribution in [0.5, 0.6) is 0 Å². The van der Waals surface area contributed by atoms with E-state index in [4.69, 9.17) is 0 Å². The molecule has 9 heteroatoms. The van der Waals surface area contributed by atoms with Crippen molar-refractivity contribution in [3.05, 3.63) is 48.0 Å². The average Bonchev–Trinajstić information content (AvgIpc) is 3.12. The van der Waals surface area contributed by atoms with E-state index in [0.717, 1.165) is 28.0 Å². The number of imidazole rings is 1. The van der Waals surface area contributed by atoms with E-state index in [-0.39, 0.29) is 6.54 Å². The molecule has 0 aliphatic rings. The van der Waals surface area contributed by atoms with E-state index in [9.17, 15) is 18.0 Å². The molecule has 0 fully saturated rings. The van der Waals surface area contributed by atoms with Gasteiger partial charge in [-0.25, -0.2) is 4.98 Å². The molecule has 0 bridgehead atoms. The first-order chi connectivity index (χ1) is 12.1. The Balaban J connectivity index is 1.77. The van der Waals surface area contributed by atoms with Gasteiger partial charge in [-0.1, -0.05) is 12.1 Å². The summed E-state index contributed by atoms with van der Waals surface area (Å²) in [5.41, 5.74) is -0.119. The van der Waals surface area contributed by atoms with Crippen molar-refractivity contribution in [2.45, 2.75) is 32.1 Å². The van der Waals surface area contributed by atoms with Crippen LogP contribution in [-0.4, -0.2) is 25.2 Å². The number of hydrogen-bond donors (Lipinski definition) is 1. The normalized spacial score (nSPS) is 12.5. The summed E-state index contributed by atoms with van der Waals surface area (Å²) in [5.74, 6) is 0.183. The molecule has 1 N–H and O–H groups in total. The fraction of sp³-hybridized carbons (Fsp3) is 0.353. The number of amides is 1. The first-order valence-electron chi connectivity index (χ1n) is 7.91. The van der Waals surface area contributed by atoms with Gasteiger partial charge in [-0.2, -0.15) is 18.3 Å². The number of aromatic nitrogens is 4. The van der Waals surface area contributed by atoms with Gasteiger partial charge < -0.3 is 9.88 Å². The number of rotatable bonds is 4. The third-order valence-corrected chi connectivity index (χ3v) is 4.03. The van der Waals surface area contributed by atoms with Crippen molar-refractivity contribution in [1.29, 1.82) is 0 Å². The van der Waals surface area contributed by atoms with Crippen LogP contribution >= 0.6 is 0 Å². The summed E-state index contributed by atoms with van der Waals surface area (Å²) >= 11 is 0. The van der Waals surface area contributed by atoms with E-state index < -0.39 is 23.3 Å². The number of benzene rings is 1. The number of para-hydroxylation sites is 2. The lowest BCUT2D eigenvalue weighted by atomic mass is 10.0. The number of carbonyl (C=O) groups excluding carboxylic acids is 1. The van der Waals surface area contributed by atoms with E-state index in [1.54, 1.807) is 13.8 Å². The van der Waals surface area contributed by atoms with Gasteiger partial charge in [0.15, 0.2) is 5.69 Å². The van der Waals surface area contributed by atoms with E-state index in [0.29, 0.717) is 5.82 Å². The van der Waals surface area contributed by atoms with Gasteiger partial charge in [0.2, 0.25) is 5.91 Å². The Morgan fingerprint density at radius 1 is 1.19 bits per heavy atom. The molecule has 3 rings (SSSR count). The van der Waals surface area contributed by atoms with Crippen molar-refractivity contribution in [2.24, 2.45) is 7.05 Å². The molecular weight excluding hydrogens is 347 g/mol. The van der Waals surface area contributed by atoms with Crippen LogP contribution in [-0.2, 0) is 30.1 Å². The summed E-state index contributed by atoms with van der Waals surface area (Å²) < 4.78 is 40.6. The number of carbonyl (C=O) groups is 1. The molecule has 1 amide bonds. The number of alkyl halides is 3. The molecular formula is C17H18F3N5O. The number of halogens is 3. The number of nitrogens with one attached hydrogen (secondary N) is 1. The maximum atomic E-state index is 12.6. The molecule has 6 nitrogen and oxygen atoms in total. The Morgan fingerprint density at radius 2 is 1.88 bits per heavy atom. The minimum atomic E-state index is -4.53. The van der Waals surface area contributed by atoms with Crippen molar-refractivity contribution < 1.29 is 18.0 Å². The highest BCUT2D eigenvalue weighted by atomic mass is 19.4. The van der Waals surface area contributed by atoms with Crippen LogP contribution in [0.4, 0.5) is 13.2 Å². The second-order valence-corrected chi connectivity index (χ2v) is 6.55. The second kappa shape index (κ2) is 6.15. The average molecular weight is 365 g/mol. The highest BCUT2D eigenvalue weighted by molar-refractivity contribution is 5.78. The number of hydrogen-bond acceptors (Lipinski definition) is 3. The summed E-state index contributed by atoms with van der Waals surface area (Å²) in [6, 6.07) is 8.41. The number of fused-ring (bicyclic) bond motifs is 1. The Morgan fingerprint density at radius 3 is 2.50 bits per heavy atom. The van der Waals surface area contributed by atoms with Crippen LogP contribution in [0, 0.1) is 0 Å². The molecule has 0 radical (unpaired) electrons.